The Balaban J connectivity index is 1.29. The van der Waals surface area contributed by atoms with Gasteiger partial charge in [-0.05, 0) is 42.2 Å². The highest BCUT2D eigenvalue weighted by molar-refractivity contribution is 6.31. The quantitative estimate of drug-likeness (QED) is 0.659. The summed E-state index contributed by atoms with van der Waals surface area (Å²) in [6, 6.07) is 14.9. The molecule has 2 heterocycles. The van der Waals surface area contributed by atoms with Gasteiger partial charge in [-0.1, -0.05) is 41.9 Å². The molecule has 2 amide bonds. The number of carbonyl (C=O) groups is 2. The average molecular weight is 435 g/mol. The van der Waals surface area contributed by atoms with E-state index < -0.39 is 0 Å². The van der Waals surface area contributed by atoms with Crippen molar-refractivity contribution in [2.45, 2.75) is 19.4 Å². The van der Waals surface area contributed by atoms with Gasteiger partial charge >= 0.3 is 0 Å². The fourth-order valence-electron chi connectivity index (χ4n) is 3.75. The highest BCUT2D eigenvalue weighted by atomic mass is 35.5. The highest BCUT2D eigenvalue weighted by Crippen LogP contribution is 2.22. The minimum Gasteiger partial charge on any atom is -0.352 e. The molecule has 0 saturated carbocycles. The van der Waals surface area contributed by atoms with Crippen LogP contribution in [0.1, 0.15) is 28.8 Å². The molecule has 7 heteroatoms. The van der Waals surface area contributed by atoms with Crippen LogP contribution in [0.15, 0.2) is 67.3 Å². The normalized spacial score (nSPS) is 14.3. The Morgan fingerprint density at radius 3 is 2.32 bits per heavy atom. The fraction of sp³-hybridized carbons (Fsp3) is 0.250. The molecule has 1 N–H and O–H groups in total. The standard InChI is InChI=1S/C24H23ClN4O2/c25-22-4-2-1-3-20(22)15-28-23(30)18-9-11-29(12-10-18)24(31)19-7-5-17(6-8-19)21-13-26-16-27-14-21/h1-8,13-14,16,18H,9-12,15H2,(H,28,30). The summed E-state index contributed by atoms with van der Waals surface area (Å²) in [5, 5.41) is 3.62. The van der Waals surface area contributed by atoms with Crippen LogP contribution in [0.3, 0.4) is 0 Å². The van der Waals surface area contributed by atoms with Gasteiger partial charge in [0.1, 0.15) is 6.33 Å². The lowest BCUT2D eigenvalue weighted by Gasteiger charge is -2.31. The van der Waals surface area contributed by atoms with Gasteiger partial charge in [-0.2, -0.15) is 0 Å². The highest BCUT2D eigenvalue weighted by Gasteiger charge is 2.27. The molecule has 6 nitrogen and oxygen atoms in total. The van der Waals surface area contributed by atoms with Crippen LogP contribution < -0.4 is 5.32 Å². The van der Waals surface area contributed by atoms with Crippen molar-refractivity contribution in [3.05, 3.63) is 83.4 Å². The monoisotopic (exact) mass is 434 g/mol. The van der Waals surface area contributed by atoms with Crippen molar-refractivity contribution in [1.29, 1.82) is 0 Å². The van der Waals surface area contributed by atoms with E-state index in [-0.39, 0.29) is 17.7 Å². The predicted molar refractivity (Wildman–Crippen MR) is 119 cm³/mol. The molecule has 1 aliphatic heterocycles. The molecule has 158 valence electrons. The van der Waals surface area contributed by atoms with Crippen LogP contribution in [0.25, 0.3) is 11.1 Å². The van der Waals surface area contributed by atoms with Crippen LogP contribution in [0, 0.1) is 5.92 Å². The van der Waals surface area contributed by atoms with E-state index in [1.54, 1.807) is 12.4 Å². The Kier molecular flexibility index (Phi) is 6.57. The van der Waals surface area contributed by atoms with Crippen molar-refractivity contribution in [3.63, 3.8) is 0 Å². The molecule has 0 spiro atoms. The number of carbonyl (C=O) groups excluding carboxylic acids is 2. The number of hydrogen-bond acceptors (Lipinski definition) is 4. The number of benzene rings is 2. The van der Waals surface area contributed by atoms with E-state index in [4.69, 9.17) is 11.6 Å². The molecule has 2 aromatic carbocycles. The number of amides is 2. The van der Waals surface area contributed by atoms with Crippen LogP contribution in [-0.4, -0.2) is 39.8 Å². The van der Waals surface area contributed by atoms with E-state index in [1.165, 1.54) is 6.33 Å². The SMILES string of the molecule is O=C(NCc1ccccc1Cl)C1CCN(C(=O)c2ccc(-c3cncnc3)cc2)CC1. The zero-order valence-corrected chi connectivity index (χ0v) is 17.8. The number of nitrogens with one attached hydrogen (secondary N) is 1. The van der Waals surface area contributed by atoms with Gasteiger partial charge < -0.3 is 10.2 Å². The van der Waals surface area contributed by atoms with Gasteiger partial charge in [0.15, 0.2) is 0 Å². The second-order valence-electron chi connectivity index (χ2n) is 7.58. The molecule has 1 aromatic heterocycles. The van der Waals surface area contributed by atoms with E-state index in [0.29, 0.717) is 43.1 Å². The number of likely N-dealkylation sites (tertiary alicyclic amines) is 1. The first-order valence-electron chi connectivity index (χ1n) is 10.3. The van der Waals surface area contributed by atoms with Gasteiger partial charge in [0.05, 0.1) is 0 Å². The lowest BCUT2D eigenvalue weighted by molar-refractivity contribution is -0.126. The van der Waals surface area contributed by atoms with Crippen molar-refractivity contribution in [1.82, 2.24) is 20.2 Å². The third-order valence-corrected chi connectivity index (χ3v) is 5.96. The molecule has 0 radical (unpaired) electrons. The van der Waals surface area contributed by atoms with Gasteiger partial charge in [0.2, 0.25) is 5.91 Å². The maximum absolute atomic E-state index is 12.9. The van der Waals surface area contributed by atoms with Crippen LogP contribution in [0.2, 0.25) is 5.02 Å². The Morgan fingerprint density at radius 2 is 1.65 bits per heavy atom. The summed E-state index contributed by atoms with van der Waals surface area (Å²) in [5.74, 6) is -0.0840. The zero-order chi connectivity index (χ0) is 21.6. The van der Waals surface area contributed by atoms with Crippen LogP contribution in [0.4, 0.5) is 0 Å². The summed E-state index contributed by atoms with van der Waals surface area (Å²) in [7, 11) is 0. The summed E-state index contributed by atoms with van der Waals surface area (Å²) < 4.78 is 0. The number of hydrogen-bond donors (Lipinski definition) is 1. The van der Waals surface area contributed by atoms with Crippen molar-refractivity contribution < 1.29 is 9.59 Å². The summed E-state index contributed by atoms with van der Waals surface area (Å²) >= 11 is 6.15. The molecule has 31 heavy (non-hydrogen) atoms. The Bertz CT molecular complexity index is 1050. The Labute approximate surface area is 186 Å². The molecule has 1 aliphatic rings. The smallest absolute Gasteiger partial charge is 0.253 e. The first-order chi connectivity index (χ1) is 15.1. The first-order valence-corrected chi connectivity index (χ1v) is 10.7. The average Bonchev–Trinajstić information content (AvgIpc) is 2.84. The third kappa shape index (κ3) is 5.09. The minimum atomic E-state index is -0.0907. The first kappa shape index (κ1) is 21.0. The number of piperidine rings is 1. The number of halogens is 1. The van der Waals surface area contributed by atoms with E-state index >= 15 is 0 Å². The second kappa shape index (κ2) is 9.71. The van der Waals surface area contributed by atoms with Crippen molar-refractivity contribution >= 4 is 23.4 Å². The van der Waals surface area contributed by atoms with Gasteiger partial charge in [0.25, 0.3) is 5.91 Å². The summed E-state index contributed by atoms with van der Waals surface area (Å²) in [5.41, 5.74) is 3.41. The van der Waals surface area contributed by atoms with E-state index in [2.05, 4.69) is 15.3 Å². The zero-order valence-electron chi connectivity index (χ0n) is 17.0. The van der Waals surface area contributed by atoms with Crippen LogP contribution in [0.5, 0.6) is 0 Å². The molecule has 3 aromatic rings. The molecule has 0 aliphatic carbocycles. The van der Waals surface area contributed by atoms with Crippen molar-refractivity contribution in [3.8, 4) is 11.1 Å². The van der Waals surface area contributed by atoms with Crippen molar-refractivity contribution in [2.24, 2.45) is 5.92 Å². The molecular formula is C24H23ClN4O2. The van der Waals surface area contributed by atoms with Gasteiger partial charge in [-0.3, -0.25) is 9.59 Å². The lowest BCUT2D eigenvalue weighted by Crippen LogP contribution is -2.42. The predicted octanol–water partition coefficient (Wildman–Crippen LogP) is 3.97. The molecule has 1 saturated heterocycles. The second-order valence-corrected chi connectivity index (χ2v) is 7.99. The molecule has 0 bridgehead atoms. The molecular weight excluding hydrogens is 412 g/mol. The third-order valence-electron chi connectivity index (χ3n) is 5.59. The number of nitrogens with zero attached hydrogens (tertiary/aromatic N) is 3. The largest absolute Gasteiger partial charge is 0.352 e. The van der Waals surface area contributed by atoms with E-state index in [0.717, 1.165) is 16.7 Å². The van der Waals surface area contributed by atoms with E-state index in [9.17, 15) is 9.59 Å². The van der Waals surface area contributed by atoms with Gasteiger partial charge in [-0.15, -0.1) is 0 Å². The van der Waals surface area contributed by atoms with Gasteiger partial charge in [0, 0.05) is 54.1 Å². The van der Waals surface area contributed by atoms with E-state index in [1.807, 2.05) is 53.4 Å². The molecule has 0 atom stereocenters. The van der Waals surface area contributed by atoms with Crippen LogP contribution >= 0.6 is 11.6 Å². The maximum Gasteiger partial charge on any atom is 0.253 e. The van der Waals surface area contributed by atoms with Crippen LogP contribution in [-0.2, 0) is 11.3 Å². The summed E-state index contributed by atoms with van der Waals surface area (Å²) in [6.07, 6.45) is 6.28. The molecule has 0 unspecified atom stereocenters. The number of rotatable bonds is 5. The Morgan fingerprint density at radius 1 is 0.968 bits per heavy atom. The lowest BCUT2D eigenvalue weighted by atomic mass is 9.95. The topological polar surface area (TPSA) is 75.2 Å². The fourth-order valence-corrected chi connectivity index (χ4v) is 3.95. The maximum atomic E-state index is 12.9. The summed E-state index contributed by atoms with van der Waals surface area (Å²) in [6.45, 7) is 1.55. The minimum absolute atomic E-state index is 0.00853. The molecule has 4 rings (SSSR count). The van der Waals surface area contributed by atoms with Crippen molar-refractivity contribution in [2.75, 3.05) is 13.1 Å². The molecule has 1 fully saturated rings. The Hall–Kier alpha value is -3.25. The number of aromatic nitrogens is 2. The summed E-state index contributed by atoms with van der Waals surface area (Å²) in [4.78, 5) is 35.3. The van der Waals surface area contributed by atoms with Gasteiger partial charge in [-0.25, -0.2) is 9.97 Å².